The van der Waals surface area contributed by atoms with Crippen LogP contribution in [0.3, 0.4) is 0 Å². The molecule has 7 nitrogen and oxygen atoms in total. The summed E-state index contributed by atoms with van der Waals surface area (Å²) in [7, 11) is -1.12. The van der Waals surface area contributed by atoms with Crippen LogP contribution < -0.4 is 10.2 Å². The Labute approximate surface area is 165 Å². The monoisotopic (exact) mass is 403 g/mol. The Morgan fingerprint density at radius 1 is 1.18 bits per heavy atom. The van der Waals surface area contributed by atoms with Crippen LogP contribution in [0.15, 0.2) is 59.5 Å². The molecule has 1 aliphatic rings. The van der Waals surface area contributed by atoms with Crippen LogP contribution in [-0.2, 0) is 14.9 Å². The summed E-state index contributed by atoms with van der Waals surface area (Å²) in [6.07, 6.45) is 1.02. The fourth-order valence-electron chi connectivity index (χ4n) is 3.24. The number of nitrogens with zero attached hydrogens (tertiary/aromatic N) is 2. The first-order chi connectivity index (χ1) is 13.4. The zero-order chi connectivity index (χ0) is 20.1. The molecule has 3 rings (SSSR count). The molecule has 8 heteroatoms. The summed E-state index contributed by atoms with van der Waals surface area (Å²) in [6, 6.07) is 16.1. The fourth-order valence-corrected chi connectivity index (χ4v) is 4.21. The second-order valence-corrected chi connectivity index (χ2v) is 8.70. The molecule has 0 saturated carbocycles. The van der Waals surface area contributed by atoms with Crippen LogP contribution in [0.25, 0.3) is 0 Å². The largest absolute Gasteiger partial charge is 0.371 e. The Hall–Kier alpha value is -2.42. The molecule has 0 aliphatic carbocycles. The van der Waals surface area contributed by atoms with E-state index in [0.29, 0.717) is 18.0 Å². The highest BCUT2D eigenvalue weighted by Gasteiger charge is 2.24. The topological polar surface area (TPSA) is 78.9 Å². The van der Waals surface area contributed by atoms with Gasteiger partial charge in [-0.3, -0.25) is 9.63 Å². The van der Waals surface area contributed by atoms with Gasteiger partial charge in [0, 0.05) is 37.9 Å². The Balaban J connectivity index is 1.54. The number of anilines is 1. The Kier molecular flexibility index (Phi) is 6.33. The van der Waals surface area contributed by atoms with Crippen LogP contribution in [0, 0.1) is 5.92 Å². The van der Waals surface area contributed by atoms with Crippen molar-refractivity contribution >= 4 is 21.6 Å². The maximum absolute atomic E-state index is 12.4. The third-order valence-corrected chi connectivity index (χ3v) is 6.66. The molecule has 1 fully saturated rings. The molecule has 1 heterocycles. The molecule has 150 valence electrons. The number of para-hydroxylation sites is 1. The second kappa shape index (κ2) is 8.72. The lowest BCUT2D eigenvalue weighted by Gasteiger charge is -2.18. The number of hydroxylamine groups is 1. The van der Waals surface area contributed by atoms with Gasteiger partial charge >= 0.3 is 0 Å². The second-order valence-electron chi connectivity index (χ2n) is 6.77. The molecule has 0 spiro atoms. The highest BCUT2D eigenvalue weighted by molar-refractivity contribution is 7.89. The van der Waals surface area contributed by atoms with Crippen LogP contribution in [0.4, 0.5) is 5.69 Å². The highest BCUT2D eigenvalue weighted by Crippen LogP contribution is 2.23. The van der Waals surface area contributed by atoms with Gasteiger partial charge in [-0.1, -0.05) is 22.7 Å². The molecule has 2 aromatic rings. The lowest BCUT2D eigenvalue weighted by Crippen LogP contribution is -2.31. The first-order valence-corrected chi connectivity index (χ1v) is 10.6. The first-order valence-electron chi connectivity index (χ1n) is 9.13. The third kappa shape index (κ3) is 4.52. The summed E-state index contributed by atoms with van der Waals surface area (Å²) in [5.74, 6) is 0.182. The lowest BCUT2D eigenvalue weighted by molar-refractivity contribution is -0.0258. The van der Waals surface area contributed by atoms with E-state index in [-0.39, 0.29) is 10.8 Å². The number of rotatable bonds is 7. The normalized spacial score (nSPS) is 17.1. The maximum Gasteiger partial charge on any atom is 0.264 e. The number of benzene rings is 2. The number of nitrogens with one attached hydrogen (secondary N) is 1. The Morgan fingerprint density at radius 2 is 1.86 bits per heavy atom. The number of amides is 1. The molecule has 1 amide bonds. The molecule has 0 radical (unpaired) electrons. The van der Waals surface area contributed by atoms with Crippen molar-refractivity contribution in [1.29, 1.82) is 0 Å². The van der Waals surface area contributed by atoms with Gasteiger partial charge in [0.25, 0.3) is 15.9 Å². The molecule has 0 bridgehead atoms. The van der Waals surface area contributed by atoms with Gasteiger partial charge in [-0.15, -0.1) is 0 Å². The summed E-state index contributed by atoms with van der Waals surface area (Å²) in [5, 5.41) is 2.95. The summed E-state index contributed by atoms with van der Waals surface area (Å²) in [6.45, 7) is 2.48. The van der Waals surface area contributed by atoms with Crippen molar-refractivity contribution in [2.45, 2.75) is 11.3 Å². The van der Waals surface area contributed by atoms with E-state index in [1.807, 2.05) is 18.2 Å². The molecule has 1 atom stereocenters. The summed E-state index contributed by atoms with van der Waals surface area (Å²) in [4.78, 5) is 19.5. The minimum atomic E-state index is -3.72. The first kappa shape index (κ1) is 20.3. The fraction of sp³-hybridized carbons (Fsp3) is 0.350. The van der Waals surface area contributed by atoms with Gasteiger partial charge in [0.2, 0.25) is 0 Å². The van der Waals surface area contributed by atoms with Gasteiger partial charge in [0.1, 0.15) is 0 Å². The van der Waals surface area contributed by atoms with E-state index >= 15 is 0 Å². The minimum absolute atomic E-state index is 0.0719. The van der Waals surface area contributed by atoms with Crippen molar-refractivity contribution < 1.29 is 18.0 Å². The van der Waals surface area contributed by atoms with E-state index in [2.05, 4.69) is 22.3 Å². The van der Waals surface area contributed by atoms with Crippen molar-refractivity contribution in [3.8, 4) is 0 Å². The molecule has 1 N–H and O–H groups in total. The van der Waals surface area contributed by atoms with Crippen LogP contribution in [0.2, 0.25) is 0 Å². The van der Waals surface area contributed by atoms with E-state index in [1.54, 1.807) is 0 Å². The van der Waals surface area contributed by atoms with Crippen LogP contribution in [-0.4, -0.2) is 52.6 Å². The van der Waals surface area contributed by atoms with Gasteiger partial charge in [0.05, 0.1) is 12.0 Å². The zero-order valence-electron chi connectivity index (χ0n) is 16.0. The van der Waals surface area contributed by atoms with Crippen molar-refractivity contribution in [2.24, 2.45) is 5.92 Å². The summed E-state index contributed by atoms with van der Waals surface area (Å²) >= 11 is 0. The SMILES string of the molecule is CON(C)S(=O)(=O)c1ccc(C(=O)NCC2CCN(c3ccccc3)C2)cc1. The molecule has 28 heavy (non-hydrogen) atoms. The minimum Gasteiger partial charge on any atom is -0.371 e. The quantitative estimate of drug-likeness (QED) is 0.717. The zero-order valence-corrected chi connectivity index (χ0v) is 16.9. The molecule has 1 unspecified atom stereocenters. The van der Waals surface area contributed by atoms with Crippen molar-refractivity contribution in [1.82, 2.24) is 9.79 Å². The third-order valence-electron chi connectivity index (χ3n) is 4.97. The van der Waals surface area contributed by atoms with E-state index in [1.165, 1.54) is 44.1 Å². The predicted octanol–water partition coefficient (Wildman–Crippen LogP) is 2.12. The van der Waals surface area contributed by atoms with Crippen molar-refractivity contribution in [3.05, 3.63) is 60.2 Å². The molecular formula is C20H25N3O4S. The molecule has 0 aromatic heterocycles. The molecule has 2 aromatic carbocycles. The Bertz CT molecular complexity index is 901. The van der Waals surface area contributed by atoms with E-state index in [4.69, 9.17) is 4.84 Å². The standard InChI is InChI=1S/C20H25N3O4S/c1-22(27-2)28(25,26)19-10-8-17(9-11-19)20(24)21-14-16-12-13-23(15-16)18-6-4-3-5-7-18/h3-11,16H,12-15H2,1-2H3,(H,21,24). The smallest absolute Gasteiger partial charge is 0.264 e. The van der Waals surface area contributed by atoms with Gasteiger partial charge in [0.15, 0.2) is 0 Å². The van der Waals surface area contributed by atoms with Crippen LogP contribution >= 0.6 is 0 Å². The maximum atomic E-state index is 12.4. The summed E-state index contributed by atoms with van der Waals surface area (Å²) in [5.41, 5.74) is 1.63. The van der Waals surface area contributed by atoms with Crippen LogP contribution in [0.1, 0.15) is 16.8 Å². The number of hydrogen-bond donors (Lipinski definition) is 1. The van der Waals surface area contributed by atoms with Gasteiger partial charge in [-0.05, 0) is 48.7 Å². The highest BCUT2D eigenvalue weighted by atomic mass is 32.2. The Morgan fingerprint density at radius 3 is 2.50 bits per heavy atom. The number of carbonyl (C=O) groups is 1. The average Bonchev–Trinajstić information content (AvgIpc) is 3.21. The average molecular weight is 404 g/mol. The van der Waals surface area contributed by atoms with Crippen LogP contribution in [0.5, 0.6) is 0 Å². The van der Waals surface area contributed by atoms with Gasteiger partial charge in [-0.2, -0.15) is 0 Å². The van der Waals surface area contributed by atoms with Crippen molar-refractivity contribution in [3.63, 3.8) is 0 Å². The predicted molar refractivity (Wildman–Crippen MR) is 107 cm³/mol. The summed E-state index contributed by atoms with van der Waals surface area (Å²) < 4.78 is 25.2. The molecular weight excluding hydrogens is 378 g/mol. The van der Waals surface area contributed by atoms with E-state index in [9.17, 15) is 13.2 Å². The van der Waals surface area contributed by atoms with Crippen molar-refractivity contribution in [2.75, 3.05) is 38.7 Å². The number of carbonyl (C=O) groups excluding carboxylic acids is 1. The number of sulfonamides is 1. The van der Waals surface area contributed by atoms with Gasteiger partial charge in [-0.25, -0.2) is 8.42 Å². The number of hydrogen-bond acceptors (Lipinski definition) is 5. The molecule has 1 aliphatic heterocycles. The lowest BCUT2D eigenvalue weighted by atomic mass is 10.1. The van der Waals surface area contributed by atoms with E-state index in [0.717, 1.165) is 24.0 Å². The van der Waals surface area contributed by atoms with Gasteiger partial charge < -0.3 is 10.2 Å². The molecule has 1 saturated heterocycles. The van der Waals surface area contributed by atoms with E-state index < -0.39 is 10.0 Å².